The standard InChI is InChI=1S/C41H40F2N2O6S2/c1-23(46)50-36-19-27-22-45(17-15-33(27)52-36)39(41(49)26-10-11-26)30-18-24(6-12-32(30)43)7-13-35(47)51-37-20-28-21-44(16-14-34(28)53-37)38(40(48)25-8-9-25)29-4-2-3-5-31(29)42/h2-6,12,18-20,25-26,38-39H,7-11,13-17,21-22H2,1H3. The summed E-state index contributed by atoms with van der Waals surface area (Å²) in [6.07, 6.45) is 4.98. The molecule has 276 valence electrons. The topological polar surface area (TPSA) is 93.2 Å². The van der Waals surface area contributed by atoms with Crippen molar-refractivity contribution in [2.24, 2.45) is 11.8 Å². The molecule has 4 heterocycles. The number of hydrogen-bond donors (Lipinski definition) is 0. The molecular weight excluding hydrogens is 719 g/mol. The minimum absolute atomic E-state index is 0.0108. The van der Waals surface area contributed by atoms with Crippen LogP contribution in [0, 0.1) is 23.5 Å². The third-order valence-corrected chi connectivity index (χ3v) is 12.8. The Labute approximate surface area is 314 Å². The molecule has 4 aliphatic rings. The van der Waals surface area contributed by atoms with Gasteiger partial charge in [-0.1, -0.05) is 30.3 Å². The summed E-state index contributed by atoms with van der Waals surface area (Å²) in [5.74, 6) is -1.69. The molecule has 2 saturated carbocycles. The molecule has 2 aromatic heterocycles. The maximum Gasteiger partial charge on any atom is 0.312 e. The van der Waals surface area contributed by atoms with E-state index in [0.717, 1.165) is 52.1 Å². The SMILES string of the molecule is CC(=O)Oc1cc2c(s1)CCN(C(C(=O)C1CC1)c1cc(CCC(=O)Oc3cc4c(s3)CCN(C(C(=O)C3CC3)c3ccccc3F)C4)ccc1F)C2. The van der Waals surface area contributed by atoms with Gasteiger partial charge in [0.05, 0.1) is 18.5 Å². The van der Waals surface area contributed by atoms with Gasteiger partial charge in [0.15, 0.2) is 21.7 Å². The van der Waals surface area contributed by atoms with E-state index in [2.05, 4.69) is 0 Å². The number of carbonyl (C=O) groups excluding carboxylic acids is 4. The Morgan fingerprint density at radius 2 is 1.28 bits per heavy atom. The molecule has 2 unspecified atom stereocenters. The van der Waals surface area contributed by atoms with Crippen molar-refractivity contribution >= 4 is 46.2 Å². The van der Waals surface area contributed by atoms with E-state index in [4.69, 9.17) is 9.47 Å². The molecule has 4 aromatic rings. The van der Waals surface area contributed by atoms with E-state index in [1.54, 1.807) is 30.3 Å². The molecule has 53 heavy (non-hydrogen) atoms. The fraction of sp³-hybridized carbons (Fsp3) is 0.415. The molecule has 2 aromatic carbocycles. The zero-order chi connectivity index (χ0) is 36.8. The lowest BCUT2D eigenvalue weighted by atomic mass is 9.93. The van der Waals surface area contributed by atoms with Crippen LogP contribution in [-0.4, -0.2) is 46.4 Å². The molecule has 2 aliphatic heterocycles. The lowest BCUT2D eigenvalue weighted by molar-refractivity contribution is -0.134. The van der Waals surface area contributed by atoms with Crippen LogP contribution in [0.2, 0.25) is 0 Å². The lowest BCUT2D eigenvalue weighted by Gasteiger charge is -2.34. The lowest BCUT2D eigenvalue weighted by Crippen LogP contribution is -2.38. The number of fused-ring (bicyclic) bond motifs is 2. The highest BCUT2D eigenvalue weighted by molar-refractivity contribution is 7.14. The molecule has 8 nitrogen and oxygen atoms in total. The van der Waals surface area contributed by atoms with E-state index >= 15 is 4.39 Å². The summed E-state index contributed by atoms with van der Waals surface area (Å²) in [5, 5.41) is 0.996. The van der Waals surface area contributed by atoms with E-state index in [9.17, 15) is 23.6 Å². The zero-order valence-electron chi connectivity index (χ0n) is 29.4. The smallest absolute Gasteiger partial charge is 0.312 e. The second-order valence-corrected chi connectivity index (χ2v) is 16.8. The largest absolute Gasteiger partial charge is 0.416 e. The third-order valence-electron chi connectivity index (χ3n) is 10.6. The summed E-state index contributed by atoms with van der Waals surface area (Å²) >= 11 is 2.84. The van der Waals surface area contributed by atoms with Crippen LogP contribution in [0.5, 0.6) is 10.1 Å². The monoisotopic (exact) mass is 758 g/mol. The van der Waals surface area contributed by atoms with Gasteiger partial charge >= 0.3 is 11.9 Å². The van der Waals surface area contributed by atoms with Crippen LogP contribution in [0.4, 0.5) is 8.78 Å². The van der Waals surface area contributed by atoms with Crippen LogP contribution in [0.25, 0.3) is 0 Å². The Hall–Kier alpha value is -4.10. The molecule has 2 atom stereocenters. The number of thiophene rings is 2. The van der Waals surface area contributed by atoms with Gasteiger partial charge in [0.25, 0.3) is 0 Å². The average molecular weight is 759 g/mol. The van der Waals surface area contributed by atoms with Crippen molar-refractivity contribution in [3.63, 3.8) is 0 Å². The van der Waals surface area contributed by atoms with Crippen molar-refractivity contribution in [1.82, 2.24) is 9.80 Å². The summed E-state index contributed by atoms with van der Waals surface area (Å²) in [6, 6.07) is 13.5. The second-order valence-electron chi connectivity index (χ2n) is 14.6. The minimum atomic E-state index is -0.755. The van der Waals surface area contributed by atoms with Crippen LogP contribution >= 0.6 is 22.7 Å². The van der Waals surface area contributed by atoms with E-state index in [1.807, 2.05) is 21.9 Å². The summed E-state index contributed by atoms with van der Waals surface area (Å²) < 4.78 is 41.6. The van der Waals surface area contributed by atoms with Gasteiger partial charge in [-0.3, -0.25) is 29.0 Å². The third kappa shape index (κ3) is 7.92. The van der Waals surface area contributed by atoms with E-state index < -0.39 is 23.9 Å². The molecule has 12 heteroatoms. The molecule has 2 aliphatic carbocycles. The van der Waals surface area contributed by atoms with Gasteiger partial charge in [0.2, 0.25) is 0 Å². The van der Waals surface area contributed by atoms with Gasteiger partial charge in [-0.15, -0.1) is 22.7 Å². The highest BCUT2D eigenvalue weighted by atomic mass is 32.1. The first-order chi connectivity index (χ1) is 25.6. The molecular formula is C41H40F2N2O6S2. The van der Waals surface area contributed by atoms with E-state index in [1.165, 1.54) is 41.7 Å². The Morgan fingerprint density at radius 3 is 1.85 bits per heavy atom. The number of hydrogen-bond acceptors (Lipinski definition) is 10. The van der Waals surface area contributed by atoms with Crippen molar-refractivity contribution < 1.29 is 37.4 Å². The molecule has 0 N–H and O–H groups in total. The first kappa shape index (κ1) is 35.9. The predicted molar refractivity (Wildman–Crippen MR) is 196 cm³/mol. The number of nitrogens with zero attached hydrogens (tertiary/aromatic N) is 2. The number of esters is 2. The highest BCUT2D eigenvalue weighted by Gasteiger charge is 2.42. The van der Waals surface area contributed by atoms with Crippen molar-refractivity contribution in [3.05, 3.63) is 104 Å². The van der Waals surface area contributed by atoms with E-state index in [0.29, 0.717) is 66.7 Å². The Bertz CT molecular complexity index is 2090. The number of ether oxygens (including phenoxy) is 2. The fourth-order valence-electron chi connectivity index (χ4n) is 7.65. The Morgan fingerprint density at radius 1 is 0.736 bits per heavy atom. The van der Waals surface area contributed by atoms with Crippen molar-refractivity contribution in [3.8, 4) is 10.1 Å². The van der Waals surface area contributed by atoms with Gasteiger partial charge in [-0.2, -0.15) is 0 Å². The first-order valence-electron chi connectivity index (χ1n) is 18.3. The normalized spacial score (nSPS) is 18.5. The van der Waals surface area contributed by atoms with Gasteiger partial charge in [-0.25, -0.2) is 8.78 Å². The fourth-order valence-corrected chi connectivity index (χ4v) is 9.72. The van der Waals surface area contributed by atoms with Crippen LogP contribution in [0.15, 0.2) is 54.6 Å². The summed E-state index contributed by atoms with van der Waals surface area (Å²) in [7, 11) is 0. The van der Waals surface area contributed by atoms with Crippen molar-refractivity contribution in [2.75, 3.05) is 13.1 Å². The number of benzene rings is 2. The number of ketones is 2. The number of rotatable bonds is 13. The van der Waals surface area contributed by atoms with Crippen LogP contribution < -0.4 is 9.47 Å². The summed E-state index contributed by atoms with van der Waals surface area (Å²) in [5.41, 5.74) is 3.40. The number of Topliss-reactive ketones (excluding diaryl/α,β-unsaturated/α-hetero) is 2. The average Bonchev–Trinajstić information content (AvgIpc) is 4.07. The molecule has 0 amide bonds. The first-order valence-corrected chi connectivity index (χ1v) is 19.9. The van der Waals surface area contributed by atoms with Crippen LogP contribution in [0.3, 0.4) is 0 Å². The molecule has 0 spiro atoms. The van der Waals surface area contributed by atoms with Crippen LogP contribution in [-0.2, 0) is 51.5 Å². The number of halogens is 2. The van der Waals surface area contributed by atoms with Crippen LogP contribution in [0.1, 0.15) is 88.7 Å². The summed E-state index contributed by atoms with van der Waals surface area (Å²) in [4.78, 5) is 57.9. The second kappa shape index (κ2) is 15.0. The van der Waals surface area contributed by atoms with Crippen molar-refractivity contribution in [2.45, 2.75) is 83.5 Å². The van der Waals surface area contributed by atoms with Gasteiger partial charge in [0, 0.05) is 65.8 Å². The zero-order valence-corrected chi connectivity index (χ0v) is 31.0. The summed E-state index contributed by atoms with van der Waals surface area (Å²) in [6.45, 7) is 3.42. The Kier molecular flexibility index (Phi) is 10.1. The van der Waals surface area contributed by atoms with E-state index in [-0.39, 0.29) is 41.6 Å². The quantitative estimate of drug-likeness (QED) is 0.128. The maximum atomic E-state index is 15.6. The van der Waals surface area contributed by atoms with Gasteiger partial charge in [0.1, 0.15) is 11.6 Å². The number of aryl methyl sites for hydroxylation is 1. The predicted octanol–water partition coefficient (Wildman–Crippen LogP) is 7.71. The molecule has 0 bridgehead atoms. The molecule has 8 rings (SSSR count). The molecule has 0 saturated heterocycles. The van der Waals surface area contributed by atoms with Gasteiger partial charge < -0.3 is 9.47 Å². The number of carbonyl (C=O) groups is 4. The molecule has 0 radical (unpaired) electrons. The maximum absolute atomic E-state index is 15.6. The highest BCUT2D eigenvalue weighted by Crippen LogP contribution is 2.43. The molecule has 2 fully saturated rings. The van der Waals surface area contributed by atoms with Crippen molar-refractivity contribution in [1.29, 1.82) is 0 Å². The minimum Gasteiger partial charge on any atom is -0.416 e. The van der Waals surface area contributed by atoms with Gasteiger partial charge in [-0.05, 0) is 85.9 Å². The Balaban J connectivity index is 0.930.